The molecule has 0 radical (unpaired) electrons. The van der Waals surface area contributed by atoms with Gasteiger partial charge >= 0.3 is 0 Å². The van der Waals surface area contributed by atoms with Crippen LogP contribution in [0.1, 0.15) is 18.5 Å². The molecule has 0 aliphatic carbocycles. The van der Waals surface area contributed by atoms with Crippen molar-refractivity contribution >= 4 is 16.9 Å². The fourth-order valence-corrected chi connectivity index (χ4v) is 2.56. The van der Waals surface area contributed by atoms with E-state index in [-0.39, 0.29) is 0 Å². The molecule has 1 aliphatic rings. The molecule has 1 unspecified atom stereocenters. The van der Waals surface area contributed by atoms with Crippen molar-refractivity contribution in [1.82, 2.24) is 20.3 Å². The lowest BCUT2D eigenvalue weighted by molar-refractivity contribution is 0.392. The molecule has 1 fully saturated rings. The minimum Gasteiger partial charge on any atom is -0.368 e. The molecule has 2 aromatic rings. The van der Waals surface area contributed by atoms with Gasteiger partial charge in [-0.1, -0.05) is 0 Å². The number of rotatable bonds is 3. The smallest absolute Gasteiger partial charge is 0.154 e. The largest absolute Gasteiger partial charge is 0.368 e. The lowest BCUT2D eigenvalue weighted by Gasteiger charge is -2.23. The number of pyridine rings is 1. The molecule has 1 aliphatic heterocycles. The molecule has 1 atom stereocenters. The van der Waals surface area contributed by atoms with Crippen LogP contribution in [0.3, 0.4) is 0 Å². The van der Waals surface area contributed by atoms with Gasteiger partial charge in [0.15, 0.2) is 5.82 Å². The number of aryl methyl sites for hydroxylation is 1. The minimum absolute atomic E-state index is 0.669. The summed E-state index contributed by atoms with van der Waals surface area (Å²) in [6.45, 7) is 5.16. The molecule has 0 amide bonds. The van der Waals surface area contributed by atoms with Gasteiger partial charge in [0.2, 0.25) is 0 Å². The second kappa shape index (κ2) is 5.48. The molecule has 3 heterocycles. The summed E-state index contributed by atoms with van der Waals surface area (Å²) in [5, 5.41) is 6.88. The van der Waals surface area contributed by atoms with Crippen LogP contribution in [-0.2, 0) is 0 Å². The van der Waals surface area contributed by atoms with E-state index >= 15 is 0 Å². The Kier molecular flexibility index (Phi) is 3.55. The van der Waals surface area contributed by atoms with Gasteiger partial charge in [0.25, 0.3) is 0 Å². The Morgan fingerprint density at radius 2 is 2.26 bits per heavy atom. The summed E-state index contributed by atoms with van der Waals surface area (Å²) in [6.07, 6.45) is 5.97. The summed E-state index contributed by atoms with van der Waals surface area (Å²) in [5.41, 5.74) is 2.73. The van der Waals surface area contributed by atoms with Crippen molar-refractivity contribution in [2.75, 3.05) is 25.0 Å². The maximum atomic E-state index is 4.55. The van der Waals surface area contributed by atoms with Gasteiger partial charge in [0, 0.05) is 24.6 Å². The van der Waals surface area contributed by atoms with Crippen LogP contribution in [-0.4, -0.2) is 34.6 Å². The first-order valence-electron chi connectivity index (χ1n) is 6.86. The molecule has 3 rings (SSSR count). The van der Waals surface area contributed by atoms with Crippen molar-refractivity contribution in [2.24, 2.45) is 5.92 Å². The number of piperidine rings is 1. The standard InChI is InChI=1S/C14H19N5/c1-10-7-12-13(17-6-5-16-12)14(19-10)18-9-11-3-2-4-15-8-11/h5-7,11,15H,2-4,8-9H2,1H3,(H,18,19). The third-order valence-corrected chi connectivity index (χ3v) is 3.54. The van der Waals surface area contributed by atoms with Gasteiger partial charge in [-0.05, 0) is 44.8 Å². The first-order chi connectivity index (χ1) is 9.33. The van der Waals surface area contributed by atoms with Gasteiger partial charge in [0.1, 0.15) is 5.52 Å². The fraction of sp³-hybridized carbons (Fsp3) is 0.500. The van der Waals surface area contributed by atoms with Gasteiger partial charge in [-0.2, -0.15) is 0 Å². The number of nitrogens with zero attached hydrogens (tertiary/aromatic N) is 3. The Labute approximate surface area is 112 Å². The predicted molar refractivity (Wildman–Crippen MR) is 76.2 cm³/mol. The maximum Gasteiger partial charge on any atom is 0.154 e. The van der Waals surface area contributed by atoms with Crippen molar-refractivity contribution in [3.8, 4) is 0 Å². The summed E-state index contributed by atoms with van der Waals surface area (Å²) >= 11 is 0. The molecule has 0 aromatic carbocycles. The number of aromatic nitrogens is 3. The van der Waals surface area contributed by atoms with Crippen LogP contribution < -0.4 is 10.6 Å². The maximum absolute atomic E-state index is 4.55. The Morgan fingerprint density at radius 3 is 3.11 bits per heavy atom. The van der Waals surface area contributed by atoms with Crippen LogP contribution in [0.25, 0.3) is 11.0 Å². The van der Waals surface area contributed by atoms with Crippen LogP contribution >= 0.6 is 0 Å². The zero-order valence-electron chi connectivity index (χ0n) is 11.2. The molecular formula is C14H19N5. The number of anilines is 1. The summed E-state index contributed by atoms with van der Waals surface area (Å²) < 4.78 is 0. The highest BCUT2D eigenvalue weighted by Crippen LogP contribution is 2.19. The molecule has 2 N–H and O–H groups in total. The summed E-state index contributed by atoms with van der Waals surface area (Å²) in [4.78, 5) is 13.3. The van der Waals surface area contributed by atoms with Gasteiger partial charge in [-0.25, -0.2) is 9.97 Å². The molecule has 5 nitrogen and oxygen atoms in total. The SMILES string of the molecule is Cc1cc2nccnc2c(NCC2CCCNC2)n1. The Balaban J connectivity index is 1.79. The molecule has 0 bridgehead atoms. The predicted octanol–water partition coefficient (Wildman–Crippen LogP) is 1.74. The highest BCUT2D eigenvalue weighted by molar-refractivity contribution is 5.85. The molecule has 0 spiro atoms. The fourth-order valence-electron chi connectivity index (χ4n) is 2.56. The quantitative estimate of drug-likeness (QED) is 0.877. The van der Waals surface area contributed by atoms with Crippen molar-refractivity contribution in [3.05, 3.63) is 24.2 Å². The van der Waals surface area contributed by atoms with Crippen molar-refractivity contribution in [1.29, 1.82) is 0 Å². The van der Waals surface area contributed by atoms with Gasteiger partial charge in [-0.3, -0.25) is 4.98 Å². The Hall–Kier alpha value is -1.75. The highest BCUT2D eigenvalue weighted by atomic mass is 15.0. The van der Waals surface area contributed by atoms with Crippen LogP contribution in [0.5, 0.6) is 0 Å². The Bertz CT molecular complexity index is 563. The van der Waals surface area contributed by atoms with Gasteiger partial charge < -0.3 is 10.6 Å². The van der Waals surface area contributed by atoms with Crippen LogP contribution in [0.2, 0.25) is 0 Å². The van der Waals surface area contributed by atoms with E-state index < -0.39 is 0 Å². The number of fused-ring (bicyclic) bond motifs is 1. The van der Waals surface area contributed by atoms with E-state index in [4.69, 9.17) is 0 Å². The first-order valence-corrected chi connectivity index (χ1v) is 6.86. The van der Waals surface area contributed by atoms with E-state index in [1.807, 2.05) is 13.0 Å². The van der Waals surface area contributed by atoms with E-state index in [2.05, 4.69) is 25.6 Å². The number of hydrogen-bond donors (Lipinski definition) is 2. The normalized spacial score (nSPS) is 19.5. The minimum atomic E-state index is 0.669. The molecule has 2 aromatic heterocycles. The van der Waals surface area contributed by atoms with E-state index in [1.54, 1.807) is 12.4 Å². The second-order valence-electron chi connectivity index (χ2n) is 5.13. The molecule has 0 saturated carbocycles. The van der Waals surface area contributed by atoms with E-state index in [1.165, 1.54) is 12.8 Å². The Morgan fingerprint density at radius 1 is 1.37 bits per heavy atom. The number of nitrogens with one attached hydrogen (secondary N) is 2. The van der Waals surface area contributed by atoms with E-state index in [9.17, 15) is 0 Å². The third-order valence-electron chi connectivity index (χ3n) is 3.54. The average molecular weight is 257 g/mol. The molecular weight excluding hydrogens is 238 g/mol. The zero-order valence-corrected chi connectivity index (χ0v) is 11.2. The lowest BCUT2D eigenvalue weighted by Crippen LogP contribution is -2.33. The van der Waals surface area contributed by atoms with Crippen molar-refractivity contribution < 1.29 is 0 Å². The molecule has 19 heavy (non-hydrogen) atoms. The monoisotopic (exact) mass is 257 g/mol. The van der Waals surface area contributed by atoms with Crippen molar-refractivity contribution in [3.63, 3.8) is 0 Å². The topological polar surface area (TPSA) is 62.7 Å². The van der Waals surface area contributed by atoms with Crippen LogP contribution in [0.4, 0.5) is 5.82 Å². The summed E-state index contributed by atoms with van der Waals surface area (Å²) in [7, 11) is 0. The van der Waals surface area contributed by atoms with Gasteiger partial charge in [-0.15, -0.1) is 0 Å². The van der Waals surface area contributed by atoms with Crippen LogP contribution in [0, 0.1) is 12.8 Å². The summed E-state index contributed by atoms with van der Waals surface area (Å²) in [5.74, 6) is 1.52. The molecule has 1 saturated heterocycles. The van der Waals surface area contributed by atoms with Crippen LogP contribution in [0.15, 0.2) is 18.5 Å². The average Bonchev–Trinajstić information content (AvgIpc) is 2.45. The van der Waals surface area contributed by atoms with Gasteiger partial charge in [0.05, 0.1) is 5.52 Å². The highest BCUT2D eigenvalue weighted by Gasteiger charge is 2.14. The first kappa shape index (κ1) is 12.3. The third kappa shape index (κ3) is 2.81. The number of hydrogen-bond acceptors (Lipinski definition) is 5. The zero-order chi connectivity index (χ0) is 13.1. The molecule has 5 heteroatoms. The van der Waals surface area contributed by atoms with Crippen molar-refractivity contribution in [2.45, 2.75) is 19.8 Å². The lowest BCUT2D eigenvalue weighted by atomic mass is 10.00. The van der Waals surface area contributed by atoms with E-state index in [0.717, 1.165) is 42.2 Å². The summed E-state index contributed by atoms with van der Waals surface area (Å²) in [6, 6.07) is 1.97. The van der Waals surface area contributed by atoms with E-state index in [0.29, 0.717) is 5.92 Å². The second-order valence-corrected chi connectivity index (χ2v) is 5.13. The molecule has 100 valence electrons.